The summed E-state index contributed by atoms with van der Waals surface area (Å²) < 4.78 is 4.93. The predicted molar refractivity (Wildman–Crippen MR) is 105 cm³/mol. The van der Waals surface area contributed by atoms with Crippen LogP contribution >= 0.6 is 0 Å². The zero-order valence-corrected chi connectivity index (χ0v) is 16.5. The van der Waals surface area contributed by atoms with Crippen LogP contribution in [0.1, 0.15) is 117 Å². The molecule has 0 aromatic heterocycles. The monoisotopic (exact) mass is 338 g/mol. The Kier molecular flexibility index (Phi) is 19.6. The lowest BCUT2D eigenvalue weighted by Crippen LogP contribution is -2.00. The quantitative estimate of drug-likeness (QED) is 0.148. The second-order valence-corrected chi connectivity index (χ2v) is 6.98. The van der Waals surface area contributed by atoms with E-state index in [0.717, 1.165) is 6.42 Å². The van der Waals surface area contributed by atoms with Gasteiger partial charge in [-0.15, -0.1) is 0 Å². The van der Waals surface area contributed by atoms with Crippen LogP contribution in [-0.2, 0) is 9.53 Å². The van der Waals surface area contributed by atoms with Crippen molar-refractivity contribution in [1.82, 2.24) is 0 Å². The minimum absolute atomic E-state index is 0.154. The number of ether oxygens (including phenoxy) is 1. The van der Waals surface area contributed by atoms with Crippen molar-refractivity contribution in [2.45, 2.75) is 117 Å². The second kappa shape index (κ2) is 20.3. The first kappa shape index (κ1) is 23.2. The zero-order chi connectivity index (χ0) is 17.7. The van der Waals surface area contributed by atoms with Gasteiger partial charge in [-0.05, 0) is 25.7 Å². The number of esters is 1. The third kappa shape index (κ3) is 21.2. The molecule has 0 heterocycles. The molecule has 2 nitrogen and oxygen atoms in total. The average molecular weight is 339 g/mol. The molecule has 0 aromatic rings. The Bertz CT molecular complexity index is 284. The van der Waals surface area contributed by atoms with Crippen LogP contribution in [0.5, 0.6) is 0 Å². The van der Waals surface area contributed by atoms with Crippen molar-refractivity contribution in [3.05, 3.63) is 12.2 Å². The molecule has 2 heteroatoms. The maximum atomic E-state index is 10.6. The van der Waals surface area contributed by atoms with E-state index in [1.807, 2.05) is 0 Å². The van der Waals surface area contributed by atoms with Gasteiger partial charge in [0.2, 0.25) is 0 Å². The van der Waals surface area contributed by atoms with Gasteiger partial charge in [0.15, 0.2) is 0 Å². The molecule has 0 spiro atoms. The van der Waals surface area contributed by atoms with Gasteiger partial charge in [0.1, 0.15) is 0 Å². The number of carbonyl (C=O) groups is 1. The lowest BCUT2D eigenvalue weighted by atomic mass is 10.0. The van der Waals surface area contributed by atoms with E-state index in [4.69, 9.17) is 4.74 Å². The van der Waals surface area contributed by atoms with Crippen molar-refractivity contribution >= 4 is 5.97 Å². The Morgan fingerprint density at radius 1 is 0.667 bits per heavy atom. The van der Waals surface area contributed by atoms with Crippen molar-refractivity contribution in [2.24, 2.45) is 0 Å². The van der Waals surface area contributed by atoms with Crippen LogP contribution in [0, 0.1) is 0 Å². The van der Waals surface area contributed by atoms with E-state index in [9.17, 15) is 4.79 Å². The first-order chi connectivity index (χ1) is 11.8. The number of allylic oxidation sites excluding steroid dienone is 2. The van der Waals surface area contributed by atoms with Gasteiger partial charge in [0, 0.05) is 6.92 Å². The Morgan fingerprint density at radius 3 is 1.54 bits per heavy atom. The molecule has 0 aliphatic heterocycles. The van der Waals surface area contributed by atoms with Crippen molar-refractivity contribution in [2.75, 3.05) is 6.61 Å². The number of hydrogen-bond donors (Lipinski definition) is 0. The van der Waals surface area contributed by atoms with Crippen molar-refractivity contribution in [1.29, 1.82) is 0 Å². The zero-order valence-electron chi connectivity index (χ0n) is 16.5. The van der Waals surface area contributed by atoms with E-state index in [2.05, 4.69) is 19.1 Å². The van der Waals surface area contributed by atoms with Crippen molar-refractivity contribution < 1.29 is 9.53 Å². The van der Waals surface area contributed by atoms with Gasteiger partial charge < -0.3 is 4.74 Å². The maximum Gasteiger partial charge on any atom is 0.302 e. The summed E-state index contributed by atoms with van der Waals surface area (Å²) in [5, 5.41) is 0. The van der Waals surface area contributed by atoms with E-state index >= 15 is 0 Å². The molecule has 0 bridgehead atoms. The summed E-state index contributed by atoms with van der Waals surface area (Å²) in [4.78, 5) is 10.6. The average Bonchev–Trinajstić information content (AvgIpc) is 2.56. The molecule has 0 atom stereocenters. The molecule has 0 aliphatic carbocycles. The van der Waals surface area contributed by atoms with E-state index < -0.39 is 0 Å². The summed E-state index contributed by atoms with van der Waals surface area (Å²) in [6.45, 7) is 4.33. The highest BCUT2D eigenvalue weighted by Gasteiger charge is 1.95. The van der Waals surface area contributed by atoms with Gasteiger partial charge in [0.25, 0.3) is 0 Å². The molecule has 0 rings (SSSR count). The SMILES string of the molecule is CCCCC=CCCCCCCCCCCCCCCOC(C)=O. The van der Waals surface area contributed by atoms with Gasteiger partial charge in [-0.3, -0.25) is 4.79 Å². The minimum atomic E-state index is -0.154. The molecule has 142 valence electrons. The highest BCUT2D eigenvalue weighted by atomic mass is 16.5. The standard InChI is InChI=1S/C22H42O2/c1-3-4-5-6-7-8-9-10-11-12-13-14-15-16-17-18-19-20-21-24-22(2)23/h6-7H,3-5,8-21H2,1-2H3. The molecule has 0 fully saturated rings. The van der Waals surface area contributed by atoms with E-state index in [1.165, 1.54) is 103 Å². The van der Waals surface area contributed by atoms with Crippen molar-refractivity contribution in [3.8, 4) is 0 Å². The molecule has 0 saturated heterocycles. The fraction of sp³-hybridized carbons (Fsp3) is 0.864. The molecule has 0 radical (unpaired) electrons. The van der Waals surface area contributed by atoms with E-state index in [0.29, 0.717) is 6.61 Å². The van der Waals surface area contributed by atoms with Crippen LogP contribution in [0.2, 0.25) is 0 Å². The summed E-state index contributed by atoms with van der Waals surface area (Å²) in [5.74, 6) is -0.154. The van der Waals surface area contributed by atoms with Gasteiger partial charge in [0.05, 0.1) is 6.61 Å². The number of carbonyl (C=O) groups excluding carboxylic acids is 1. The minimum Gasteiger partial charge on any atom is -0.466 e. The van der Waals surface area contributed by atoms with Crippen LogP contribution in [0.4, 0.5) is 0 Å². The molecular weight excluding hydrogens is 296 g/mol. The molecule has 0 aliphatic rings. The Balaban J connectivity index is 3.02. The second-order valence-electron chi connectivity index (χ2n) is 6.98. The number of hydrogen-bond acceptors (Lipinski definition) is 2. The first-order valence-electron chi connectivity index (χ1n) is 10.6. The molecule has 0 saturated carbocycles. The fourth-order valence-corrected chi connectivity index (χ4v) is 2.91. The van der Waals surface area contributed by atoms with E-state index in [-0.39, 0.29) is 5.97 Å². The molecule has 0 aromatic carbocycles. The van der Waals surface area contributed by atoms with Gasteiger partial charge in [-0.2, -0.15) is 0 Å². The maximum absolute atomic E-state index is 10.6. The first-order valence-corrected chi connectivity index (χ1v) is 10.6. The smallest absolute Gasteiger partial charge is 0.302 e. The third-order valence-corrected chi connectivity index (χ3v) is 4.46. The van der Waals surface area contributed by atoms with E-state index in [1.54, 1.807) is 0 Å². The molecule has 0 amide bonds. The predicted octanol–water partition coefficient (Wildman–Crippen LogP) is 7.37. The summed E-state index contributed by atoms with van der Waals surface area (Å²) in [5.41, 5.74) is 0. The topological polar surface area (TPSA) is 26.3 Å². The van der Waals surface area contributed by atoms with Crippen LogP contribution in [0.25, 0.3) is 0 Å². The van der Waals surface area contributed by atoms with Crippen LogP contribution < -0.4 is 0 Å². The largest absolute Gasteiger partial charge is 0.466 e. The van der Waals surface area contributed by atoms with Crippen LogP contribution in [-0.4, -0.2) is 12.6 Å². The Morgan fingerprint density at radius 2 is 1.08 bits per heavy atom. The number of rotatable bonds is 18. The molecule has 0 unspecified atom stereocenters. The number of unbranched alkanes of at least 4 members (excludes halogenated alkanes) is 14. The Hall–Kier alpha value is -0.790. The molecular formula is C22H42O2. The normalized spacial score (nSPS) is 11.2. The summed E-state index contributed by atoms with van der Waals surface area (Å²) in [6, 6.07) is 0. The van der Waals surface area contributed by atoms with Gasteiger partial charge >= 0.3 is 5.97 Å². The summed E-state index contributed by atoms with van der Waals surface area (Å²) >= 11 is 0. The molecule has 24 heavy (non-hydrogen) atoms. The lowest BCUT2D eigenvalue weighted by Gasteiger charge is -2.03. The lowest BCUT2D eigenvalue weighted by molar-refractivity contribution is -0.141. The summed E-state index contributed by atoms with van der Waals surface area (Å²) in [6.07, 6.45) is 26.0. The summed E-state index contributed by atoms with van der Waals surface area (Å²) in [7, 11) is 0. The van der Waals surface area contributed by atoms with Crippen LogP contribution in [0.15, 0.2) is 12.2 Å². The van der Waals surface area contributed by atoms with Gasteiger partial charge in [-0.25, -0.2) is 0 Å². The molecule has 0 N–H and O–H groups in total. The van der Waals surface area contributed by atoms with Crippen LogP contribution in [0.3, 0.4) is 0 Å². The Labute approximate surface area is 151 Å². The highest BCUT2D eigenvalue weighted by Crippen LogP contribution is 2.12. The van der Waals surface area contributed by atoms with Crippen molar-refractivity contribution in [3.63, 3.8) is 0 Å². The third-order valence-electron chi connectivity index (χ3n) is 4.46. The van der Waals surface area contributed by atoms with Gasteiger partial charge in [-0.1, -0.05) is 96.1 Å². The highest BCUT2D eigenvalue weighted by molar-refractivity contribution is 5.65. The fourth-order valence-electron chi connectivity index (χ4n) is 2.91.